The lowest BCUT2D eigenvalue weighted by atomic mass is 10.1. The molecule has 94 valence electrons. The Morgan fingerprint density at radius 3 is 2.89 bits per heavy atom. The van der Waals surface area contributed by atoms with Crippen LogP contribution >= 0.6 is 11.6 Å². The number of H-pyrrole nitrogens is 1. The number of esters is 1. The fourth-order valence-electron chi connectivity index (χ4n) is 1.68. The van der Waals surface area contributed by atoms with Crippen molar-refractivity contribution < 1.29 is 14.6 Å². The van der Waals surface area contributed by atoms with Gasteiger partial charge in [0, 0.05) is 5.39 Å². The summed E-state index contributed by atoms with van der Waals surface area (Å²) in [6.07, 6.45) is 0. The Morgan fingerprint density at radius 1 is 1.50 bits per heavy atom. The number of aromatic hydroxyl groups is 1. The van der Waals surface area contributed by atoms with Crippen molar-refractivity contribution in [2.75, 3.05) is 6.61 Å². The van der Waals surface area contributed by atoms with Crippen molar-refractivity contribution in [1.29, 1.82) is 0 Å². The van der Waals surface area contributed by atoms with Crippen molar-refractivity contribution in [2.45, 2.75) is 6.92 Å². The Bertz CT molecular complexity index is 678. The molecule has 0 radical (unpaired) electrons. The van der Waals surface area contributed by atoms with Crippen LogP contribution in [0.2, 0.25) is 5.02 Å². The molecule has 1 heterocycles. The van der Waals surface area contributed by atoms with Gasteiger partial charge in [-0.3, -0.25) is 4.79 Å². The van der Waals surface area contributed by atoms with E-state index in [0.29, 0.717) is 10.9 Å². The number of nitrogens with one attached hydrogen (secondary N) is 1. The zero-order chi connectivity index (χ0) is 13.3. The average molecular weight is 268 g/mol. The molecule has 0 spiro atoms. The number of carbonyl (C=O) groups excluding carboxylic acids is 1. The number of benzene rings is 1. The highest BCUT2D eigenvalue weighted by atomic mass is 35.5. The Kier molecular flexibility index (Phi) is 3.25. The summed E-state index contributed by atoms with van der Waals surface area (Å²) in [4.78, 5) is 25.7. The fraction of sp³-hybridized carbons (Fsp3) is 0.167. The molecule has 5 nitrogen and oxygen atoms in total. The van der Waals surface area contributed by atoms with Gasteiger partial charge < -0.3 is 14.8 Å². The minimum absolute atomic E-state index is 0.146. The van der Waals surface area contributed by atoms with Crippen LogP contribution < -0.4 is 5.56 Å². The SMILES string of the molecule is CCOC(=O)c1c(O)c(=O)[nH]c2c(Cl)cccc12. The van der Waals surface area contributed by atoms with Gasteiger partial charge in [0.2, 0.25) is 0 Å². The first-order valence-corrected chi connectivity index (χ1v) is 5.64. The first-order valence-electron chi connectivity index (χ1n) is 5.26. The number of rotatable bonds is 2. The largest absolute Gasteiger partial charge is 0.502 e. The fourth-order valence-corrected chi connectivity index (χ4v) is 1.91. The molecule has 0 saturated heterocycles. The summed E-state index contributed by atoms with van der Waals surface area (Å²) in [5.74, 6) is -1.42. The summed E-state index contributed by atoms with van der Waals surface area (Å²) < 4.78 is 4.82. The first kappa shape index (κ1) is 12.4. The van der Waals surface area contributed by atoms with Gasteiger partial charge in [-0.2, -0.15) is 0 Å². The quantitative estimate of drug-likeness (QED) is 0.817. The Balaban J connectivity index is 2.85. The van der Waals surface area contributed by atoms with Crippen LogP contribution in [0.15, 0.2) is 23.0 Å². The molecule has 0 atom stereocenters. The van der Waals surface area contributed by atoms with E-state index in [4.69, 9.17) is 16.3 Å². The van der Waals surface area contributed by atoms with Crippen LogP contribution in [-0.2, 0) is 4.74 Å². The Hall–Kier alpha value is -2.01. The summed E-state index contributed by atoms with van der Waals surface area (Å²) in [5, 5.41) is 10.3. The third kappa shape index (κ3) is 1.93. The van der Waals surface area contributed by atoms with Gasteiger partial charge in [-0.15, -0.1) is 0 Å². The summed E-state index contributed by atoms with van der Waals surface area (Å²) >= 11 is 5.93. The van der Waals surface area contributed by atoms with Gasteiger partial charge in [0.15, 0.2) is 5.75 Å². The molecular formula is C12H10ClNO4. The molecule has 0 bridgehead atoms. The van der Waals surface area contributed by atoms with Crippen molar-refractivity contribution in [3.8, 4) is 5.75 Å². The van der Waals surface area contributed by atoms with Crippen molar-refractivity contribution in [1.82, 2.24) is 4.98 Å². The van der Waals surface area contributed by atoms with E-state index in [2.05, 4.69) is 4.98 Å². The van der Waals surface area contributed by atoms with Crippen LogP contribution in [-0.4, -0.2) is 22.7 Å². The van der Waals surface area contributed by atoms with Gasteiger partial charge in [-0.1, -0.05) is 23.7 Å². The molecule has 0 amide bonds. The molecule has 2 N–H and O–H groups in total. The maximum absolute atomic E-state index is 11.8. The highest BCUT2D eigenvalue weighted by Gasteiger charge is 2.20. The van der Waals surface area contributed by atoms with Gasteiger partial charge in [-0.25, -0.2) is 4.79 Å². The van der Waals surface area contributed by atoms with Crippen molar-refractivity contribution in [3.63, 3.8) is 0 Å². The molecule has 18 heavy (non-hydrogen) atoms. The molecule has 0 aliphatic heterocycles. The number of fused-ring (bicyclic) bond motifs is 1. The van der Waals surface area contributed by atoms with E-state index < -0.39 is 17.3 Å². The maximum Gasteiger partial charge on any atom is 0.342 e. The Morgan fingerprint density at radius 2 is 2.22 bits per heavy atom. The summed E-state index contributed by atoms with van der Waals surface area (Å²) in [7, 11) is 0. The molecule has 0 saturated carbocycles. The minimum atomic E-state index is -0.779. The van der Waals surface area contributed by atoms with Gasteiger partial charge in [0.05, 0.1) is 17.1 Å². The predicted octanol–water partition coefficient (Wildman–Crippen LogP) is 2.06. The number of para-hydroxylation sites is 1. The van der Waals surface area contributed by atoms with E-state index in [1.165, 1.54) is 0 Å². The smallest absolute Gasteiger partial charge is 0.342 e. The monoisotopic (exact) mass is 267 g/mol. The van der Waals surface area contributed by atoms with E-state index in [1.807, 2.05) is 0 Å². The summed E-state index contributed by atoms with van der Waals surface area (Å²) in [6, 6.07) is 4.76. The second kappa shape index (κ2) is 4.70. The molecule has 6 heteroatoms. The van der Waals surface area contributed by atoms with Crippen LogP contribution in [0.1, 0.15) is 17.3 Å². The zero-order valence-electron chi connectivity index (χ0n) is 9.49. The number of carbonyl (C=O) groups is 1. The summed E-state index contributed by atoms with van der Waals surface area (Å²) in [6.45, 7) is 1.78. The highest BCUT2D eigenvalue weighted by Crippen LogP contribution is 2.27. The van der Waals surface area contributed by atoms with Crippen molar-refractivity contribution >= 4 is 28.5 Å². The van der Waals surface area contributed by atoms with Gasteiger partial charge in [-0.05, 0) is 13.0 Å². The van der Waals surface area contributed by atoms with Crippen LogP contribution in [0, 0.1) is 0 Å². The zero-order valence-corrected chi connectivity index (χ0v) is 10.2. The van der Waals surface area contributed by atoms with Crippen LogP contribution in [0.5, 0.6) is 5.75 Å². The minimum Gasteiger partial charge on any atom is -0.502 e. The molecule has 0 aliphatic carbocycles. The lowest BCUT2D eigenvalue weighted by molar-refractivity contribution is 0.0525. The lowest BCUT2D eigenvalue weighted by Gasteiger charge is -2.08. The third-order valence-electron chi connectivity index (χ3n) is 2.45. The van der Waals surface area contributed by atoms with Crippen molar-refractivity contribution in [3.05, 3.63) is 39.1 Å². The Labute approximate surface area is 107 Å². The second-order valence-corrected chi connectivity index (χ2v) is 3.97. The van der Waals surface area contributed by atoms with E-state index in [0.717, 1.165) is 0 Å². The number of halogens is 1. The van der Waals surface area contributed by atoms with Gasteiger partial charge in [0.25, 0.3) is 5.56 Å². The van der Waals surface area contributed by atoms with Gasteiger partial charge in [0.1, 0.15) is 5.56 Å². The van der Waals surface area contributed by atoms with Crippen LogP contribution in [0.4, 0.5) is 0 Å². The first-order chi connectivity index (χ1) is 8.56. The van der Waals surface area contributed by atoms with E-state index in [9.17, 15) is 14.7 Å². The number of aromatic nitrogens is 1. The van der Waals surface area contributed by atoms with Crippen molar-refractivity contribution in [2.24, 2.45) is 0 Å². The number of pyridine rings is 1. The van der Waals surface area contributed by atoms with E-state index in [1.54, 1.807) is 25.1 Å². The average Bonchev–Trinajstić information content (AvgIpc) is 2.32. The maximum atomic E-state index is 11.8. The normalized spacial score (nSPS) is 10.6. The number of aromatic amines is 1. The molecule has 0 unspecified atom stereocenters. The third-order valence-corrected chi connectivity index (χ3v) is 2.77. The van der Waals surface area contributed by atoms with Crippen LogP contribution in [0.3, 0.4) is 0 Å². The number of hydrogen-bond acceptors (Lipinski definition) is 4. The number of hydrogen-bond donors (Lipinski definition) is 2. The molecular weight excluding hydrogens is 258 g/mol. The number of ether oxygens (including phenoxy) is 1. The molecule has 0 aliphatic rings. The molecule has 1 aromatic heterocycles. The van der Waals surface area contributed by atoms with E-state index >= 15 is 0 Å². The standard InChI is InChI=1S/C12H10ClNO4/c1-2-18-12(17)8-6-4-3-5-7(13)9(6)14-11(16)10(8)15/h3-5,15H,2H2,1H3,(H,14,16). The predicted molar refractivity (Wildman–Crippen MR) is 67.2 cm³/mol. The second-order valence-electron chi connectivity index (χ2n) is 3.56. The molecule has 2 rings (SSSR count). The molecule has 2 aromatic rings. The molecule has 0 fully saturated rings. The van der Waals surface area contributed by atoms with Crippen LogP contribution in [0.25, 0.3) is 10.9 Å². The highest BCUT2D eigenvalue weighted by molar-refractivity contribution is 6.35. The van der Waals surface area contributed by atoms with E-state index in [-0.39, 0.29) is 17.2 Å². The lowest BCUT2D eigenvalue weighted by Crippen LogP contribution is -2.14. The summed E-state index contributed by atoms with van der Waals surface area (Å²) in [5.41, 5.74) is -0.651. The van der Waals surface area contributed by atoms with Gasteiger partial charge >= 0.3 is 5.97 Å². The topological polar surface area (TPSA) is 79.4 Å². The molecule has 1 aromatic carbocycles.